The second-order valence-electron chi connectivity index (χ2n) is 5.43. The summed E-state index contributed by atoms with van der Waals surface area (Å²) in [4.78, 5) is 0. The fourth-order valence-electron chi connectivity index (χ4n) is 3.40. The minimum Gasteiger partial charge on any atom is -0.0851 e. The first-order valence-corrected chi connectivity index (χ1v) is 6.26. The molecule has 0 N–H and O–H groups in total. The molecule has 4 rings (SSSR count). The standard InChI is InChI=1S/2C7H10/c2*1-2-7-4-3-6(1)5-7/h1,7H,2-5H2;1-2,6-7H,3-5H2. The van der Waals surface area contributed by atoms with Gasteiger partial charge in [-0.1, -0.05) is 23.8 Å². The highest BCUT2D eigenvalue weighted by atomic mass is 14.3. The molecule has 0 radical (unpaired) electrons. The van der Waals surface area contributed by atoms with Crippen molar-refractivity contribution in [2.45, 2.75) is 44.9 Å². The van der Waals surface area contributed by atoms with E-state index >= 15 is 0 Å². The summed E-state index contributed by atoms with van der Waals surface area (Å²) in [6, 6.07) is 0. The number of rotatable bonds is 0. The molecule has 0 aromatic carbocycles. The van der Waals surface area contributed by atoms with Crippen molar-refractivity contribution < 1.29 is 0 Å². The van der Waals surface area contributed by atoms with Crippen LogP contribution in [0, 0.1) is 17.8 Å². The maximum absolute atomic E-state index is 2.42. The first-order chi connectivity index (χ1) is 6.90. The van der Waals surface area contributed by atoms with Gasteiger partial charge >= 0.3 is 0 Å². The first kappa shape index (κ1) is 8.76. The summed E-state index contributed by atoms with van der Waals surface area (Å²) in [7, 11) is 0. The molecular formula is C14H20. The van der Waals surface area contributed by atoms with E-state index in [0.717, 1.165) is 17.8 Å². The van der Waals surface area contributed by atoms with Gasteiger partial charge in [-0.05, 0) is 62.7 Å². The number of fused-ring (bicyclic) bond motifs is 4. The van der Waals surface area contributed by atoms with Gasteiger partial charge in [0.2, 0.25) is 0 Å². The Morgan fingerprint density at radius 3 is 1.93 bits per heavy atom. The van der Waals surface area contributed by atoms with Gasteiger partial charge in [0.25, 0.3) is 0 Å². The van der Waals surface area contributed by atoms with E-state index in [4.69, 9.17) is 0 Å². The number of allylic oxidation sites excluding steroid dienone is 4. The molecule has 0 saturated heterocycles. The lowest BCUT2D eigenvalue weighted by molar-refractivity contribution is 0.576. The Labute approximate surface area is 87.1 Å². The molecule has 0 amide bonds. The van der Waals surface area contributed by atoms with Crippen LogP contribution in [0.4, 0.5) is 0 Å². The van der Waals surface area contributed by atoms with Crippen molar-refractivity contribution in [3.05, 3.63) is 23.8 Å². The van der Waals surface area contributed by atoms with E-state index in [0.29, 0.717) is 0 Å². The molecule has 0 heterocycles. The molecule has 4 aliphatic carbocycles. The Morgan fingerprint density at radius 1 is 1.00 bits per heavy atom. The Balaban J connectivity index is 0.0000000914. The lowest BCUT2D eigenvalue weighted by atomic mass is 10.1. The molecular weight excluding hydrogens is 168 g/mol. The average Bonchev–Trinajstić information content (AvgIpc) is 3.01. The first-order valence-electron chi connectivity index (χ1n) is 6.26. The van der Waals surface area contributed by atoms with Crippen LogP contribution in [0.5, 0.6) is 0 Å². The van der Waals surface area contributed by atoms with Crippen molar-refractivity contribution >= 4 is 0 Å². The molecule has 4 bridgehead atoms. The Kier molecular flexibility index (Phi) is 2.23. The van der Waals surface area contributed by atoms with Crippen LogP contribution in [0.15, 0.2) is 23.8 Å². The highest BCUT2D eigenvalue weighted by Gasteiger charge is 2.25. The molecule has 76 valence electrons. The molecule has 0 aromatic rings. The lowest BCUT2D eigenvalue weighted by Crippen LogP contribution is -1.85. The zero-order valence-electron chi connectivity index (χ0n) is 8.91. The van der Waals surface area contributed by atoms with Crippen molar-refractivity contribution in [1.29, 1.82) is 0 Å². The van der Waals surface area contributed by atoms with Crippen LogP contribution < -0.4 is 0 Å². The number of hydrogen-bond donors (Lipinski definition) is 0. The van der Waals surface area contributed by atoms with Crippen molar-refractivity contribution in [3.8, 4) is 0 Å². The number of hydrogen-bond acceptors (Lipinski definition) is 0. The molecule has 0 spiro atoms. The molecule has 2 saturated carbocycles. The largest absolute Gasteiger partial charge is 0.0851 e. The third kappa shape index (κ3) is 1.67. The molecule has 2 fully saturated rings. The molecule has 4 aliphatic rings. The highest BCUT2D eigenvalue weighted by Crippen LogP contribution is 2.39. The summed E-state index contributed by atoms with van der Waals surface area (Å²) < 4.78 is 0. The zero-order chi connectivity index (χ0) is 9.38. The molecule has 14 heavy (non-hydrogen) atoms. The highest BCUT2D eigenvalue weighted by molar-refractivity contribution is 5.15. The van der Waals surface area contributed by atoms with E-state index in [2.05, 4.69) is 18.2 Å². The molecule has 0 heteroatoms. The van der Waals surface area contributed by atoms with Gasteiger partial charge < -0.3 is 0 Å². The third-order valence-corrected chi connectivity index (χ3v) is 4.33. The quantitative estimate of drug-likeness (QED) is 0.502. The van der Waals surface area contributed by atoms with Gasteiger partial charge in [0.15, 0.2) is 0 Å². The van der Waals surface area contributed by atoms with E-state index in [1.54, 1.807) is 5.57 Å². The predicted molar refractivity (Wildman–Crippen MR) is 60.0 cm³/mol. The molecule has 0 aliphatic heterocycles. The fraction of sp³-hybridized carbons (Fsp3) is 0.714. The van der Waals surface area contributed by atoms with E-state index in [9.17, 15) is 0 Å². The minimum absolute atomic E-state index is 0.991. The van der Waals surface area contributed by atoms with Gasteiger partial charge in [0.05, 0.1) is 0 Å². The van der Waals surface area contributed by atoms with E-state index in [-0.39, 0.29) is 0 Å². The molecule has 3 atom stereocenters. The van der Waals surface area contributed by atoms with Crippen molar-refractivity contribution in [3.63, 3.8) is 0 Å². The van der Waals surface area contributed by atoms with E-state index in [1.165, 1.54) is 44.9 Å². The van der Waals surface area contributed by atoms with Gasteiger partial charge in [-0.25, -0.2) is 0 Å². The molecule has 3 unspecified atom stereocenters. The summed E-state index contributed by atoms with van der Waals surface area (Å²) in [6.45, 7) is 0. The SMILES string of the molecule is C1=C2CCC(C1)C2.C1=CC2CCC1C2. The van der Waals surface area contributed by atoms with Gasteiger partial charge in [-0.15, -0.1) is 0 Å². The second-order valence-corrected chi connectivity index (χ2v) is 5.43. The van der Waals surface area contributed by atoms with Gasteiger partial charge in [-0.3, -0.25) is 0 Å². The lowest BCUT2D eigenvalue weighted by Gasteiger charge is -1.98. The second kappa shape index (κ2) is 3.56. The summed E-state index contributed by atoms with van der Waals surface area (Å²) in [6.07, 6.45) is 17.4. The van der Waals surface area contributed by atoms with Gasteiger partial charge in [0.1, 0.15) is 0 Å². The van der Waals surface area contributed by atoms with E-state index < -0.39 is 0 Å². The van der Waals surface area contributed by atoms with Crippen LogP contribution in [0.25, 0.3) is 0 Å². The minimum atomic E-state index is 0.991. The summed E-state index contributed by atoms with van der Waals surface area (Å²) in [5, 5.41) is 0. The summed E-state index contributed by atoms with van der Waals surface area (Å²) in [5.74, 6) is 3.06. The molecule has 0 nitrogen and oxygen atoms in total. The summed E-state index contributed by atoms with van der Waals surface area (Å²) in [5.41, 5.74) is 1.74. The topological polar surface area (TPSA) is 0 Å². The maximum atomic E-state index is 2.42. The van der Waals surface area contributed by atoms with Crippen molar-refractivity contribution in [1.82, 2.24) is 0 Å². The Bertz CT molecular complexity index is 260. The van der Waals surface area contributed by atoms with Gasteiger partial charge in [-0.2, -0.15) is 0 Å². The Hall–Kier alpha value is -0.520. The monoisotopic (exact) mass is 188 g/mol. The van der Waals surface area contributed by atoms with Crippen molar-refractivity contribution in [2.24, 2.45) is 17.8 Å². The smallest absolute Gasteiger partial charge is 0.0228 e. The van der Waals surface area contributed by atoms with Crippen molar-refractivity contribution in [2.75, 3.05) is 0 Å². The average molecular weight is 188 g/mol. The maximum Gasteiger partial charge on any atom is -0.0228 e. The Morgan fingerprint density at radius 2 is 1.79 bits per heavy atom. The predicted octanol–water partition coefficient (Wildman–Crippen LogP) is 4.09. The zero-order valence-corrected chi connectivity index (χ0v) is 8.91. The van der Waals surface area contributed by atoms with Crippen LogP contribution in [0.3, 0.4) is 0 Å². The van der Waals surface area contributed by atoms with Crippen LogP contribution in [0.1, 0.15) is 44.9 Å². The fourth-order valence-corrected chi connectivity index (χ4v) is 3.40. The van der Waals surface area contributed by atoms with Gasteiger partial charge in [0, 0.05) is 0 Å². The van der Waals surface area contributed by atoms with Crippen LogP contribution in [-0.4, -0.2) is 0 Å². The van der Waals surface area contributed by atoms with Crippen LogP contribution >= 0.6 is 0 Å². The van der Waals surface area contributed by atoms with Crippen LogP contribution in [-0.2, 0) is 0 Å². The van der Waals surface area contributed by atoms with E-state index in [1.807, 2.05) is 0 Å². The normalized spacial score (nSPS) is 41.1. The third-order valence-electron chi connectivity index (χ3n) is 4.33. The summed E-state index contributed by atoms with van der Waals surface area (Å²) >= 11 is 0. The molecule has 0 aromatic heterocycles. The van der Waals surface area contributed by atoms with Crippen LogP contribution in [0.2, 0.25) is 0 Å².